The lowest BCUT2D eigenvalue weighted by atomic mass is 10.0. The highest BCUT2D eigenvalue weighted by Gasteiger charge is 2.24. The number of benzene rings is 2. The number of phenolic OH excluding ortho intramolecular Hbond substituents is 1. The zero-order chi connectivity index (χ0) is 21.3. The normalized spacial score (nSPS) is 19.0. The third-order valence-electron chi connectivity index (χ3n) is 5.92. The van der Waals surface area contributed by atoms with Crippen molar-refractivity contribution in [1.29, 1.82) is 0 Å². The van der Waals surface area contributed by atoms with Crippen molar-refractivity contribution in [2.45, 2.75) is 6.54 Å². The molecule has 2 heterocycles. The molecule has 7 heteroatoms. The van der Waals surface area contributed by atoms with Gasteiger partial charge in [-0.3, -0.25) is 0 Å². The van der Waals surface area contributed by atoms with Gasteiger partial charge in [0.15, 0.2) is 5.58 Å². The van der Waals surface area contributed by atoms with Gasteiger partial charge in [-0.25, -0.2) is 4.79 Å². The van der Waals surface area contributed by atoms with Crippen LogP contribution in [-0.4, -0.2) is 52.6 Å². The van der Waals surface area contributed by atoms with Crippen LogP contribution in [0.1, 0.15) is 5.56 Å². The molecule has 3 aromatic rings. The highest BCUT2D eigenvalue weighted by atomic mass is 16.5. The second kappa shape index (κ2) is 8.38. The molecule has 2 aromatic carbocycles. The van der Waals surface area contributed by atoms with E-state index >= 15 is 0 Å². The number of piperazine rings is 1. The van der Waals surface area contributed by atoms with Gasteiger partial charge in [0.1, 0.15) is 50.0 Å². The molecule has 3 N–H and O–H groups in total. The summed E-state index contributed by atoms with van der Waals surface area (Å²) in [7, 11) is 5.33. The van der Waals surface area contributed by atoms with E-state index in [1.807, 2.05) is 0 Å². The lowest BCUT2D eigenvalue weighted by Crippen LogP contribution is -3.26. The Morgan fingerprint density at radius 3 is 2.47 bits per heavy atom. The molecule has 7 nitrogen and oxygen atoms in total. The molecule has 158 valence electrons. The summed E-state index contributed by atoms with van der Waals surface area (Å²) < 4.78 is 16.5. The van der Waals surface area contributed by atoms with E-state index in [4.69, 9.17) is 13.9 Å². The summed E-state index contributed by atoms with van der Waals surface area (Å²) in [4.78, 5) is 15.8. The number of hydrogen-bond donors (Lipinski definition) is 3. The fourth-order valence-corrected chi connectivity index (χ4v) is 4.07. The van der Waals surface area contributed by atoms with Crippen molar-refractivity contribution in [3.8, 4) is 28.4 Å². The third kappa shape index (κ3) is 3.86. The molecular weight excluding hydrogens is 384 g/mol. The Hall–Kier alpha value is -3.03. The average molecular weight is 412 g/mol. The first-order chi connectivity index (χ1) is 14.5. The number of likely N-dealkylation sites (N-methyl/N-ethyl adjacent to an activating group) is 1. The van der Waals surface area contributed by atoms with Crippen molar-refractivity contribution in [1.82, 2.24) is 0 Å². The number of hydrogen-bond acceptors (Lipinski definition) is 5. The molecule has 0 aliphatic carbocycles. The van der Waals surface area contributed by atoms with Crippen molar-refractivity contribution >= 4 is 11.0 Å². The van der Waals surface area contributed by atoms with E-state index < -0.39 is 5.63 Å². The van der Waals surface area contributed by atoms with Crippen molar-refractivity contribution in [2.75, 3.05) is 47.4 Å². The molecule has 0 saturated carbocycles. The first-order valence-electron chi connectivity index (χ1n) is 10.2. The molecule has 0 bridgehead atoms. The molecule has 1 saturated heterocycles. The number of rotatable bonds is 5. The topological polar surface area (TPSA) is 77.8 Å². The molecule has 4 rings (SSSR count). The lowest BCUT2D eigenvalue weighted by Gasteiger charge is -2.27. The minimum Gasteiger partial charge on any atom is -0.507 e. The quantitative estimate of drug-likeness (QED) is 0.518. The summed E-state index contributed by atoms with van der Waals surface area (Å²) in [5.74, 6) is 1.34. The van der Waals surface area contributed by atoms with Crippen molar-refractivity contribution < 1.29 is 28.8 Å². The van der Waals surface area contributed by atoms with Crippen LogP contribution in [0.25, 0.3) is 22.1 Å². The van der Waals surface area contributed by atoms with Gasteiger partial charge in [0.05, 0.1) is 32.4 Å². The van der Waals surface area contributed by atoms with Gasteiger partial charge in [-0.1, -0.05) is 0 Å². The van der Waals surface area contributed by atoms with Crippen LogP contribution in [-0.2, 0) is 6.54 Å². The van der Waals surface area contributed by atoms with Gasteiger partial charge in [0.2, 0.25) is 0 Å². The van der Waals surface area contributed by atoms with Gasteiger partial charge >= 0.3 is 5.63 Å². The van der Waals surface area contributed by atoms with Crippen molar-refractivity contribution in [3.05, 3.63) is 52.4 Å². The van der Waals surface area contributed by atoms with Crippen LogP contribution >= 0.6 is 0 Å². The lowest BCUT2D eigenvalue weighted by molar-refractivity contribution is -1.01. The fourth-order valence-electron chi connectivity index (χ4n) is 4.07. The molecule has 1 aliphatic heterocycles. The maximum absolute atomic E-state index is 12.9. The van der Waals surface area contributed by atoms with Gasteiger partial charge in [-0.05, 0) is 30.3 Å². The van der Waals surface area contributed by atoms with Crippen LogP contribution in [0.2, 0.25) is 0 Å². The number of aromatic hydroxyl groups is 1. The van der Waals surface area contributed by atoms with Gasteiger partial charge in [0.25, 0.3) is 0 Å². The predicted octanol–water partition coefficient (Wildman–Crippen LogP) is 0.0960. The maximum atomic E-state index is 12.9. The molecule has 0 atom stereocenters. The van der Waals surface area contributed by atoms with Crippen LogP contribution in [0.15, 0.2) is 45.6 Å². The Morgan fingerprint density at radius 2 is 1.77 bits per heavy atom. The molecule has 0 spiro atoms. The summed E-state index contributed by atoms with van der Waals surface area (Å²) in [5, 5.41) is 11.3. The first kappa shape index (κ1) is 20.3. The minimum atomic E-state index is -0.462. The van der Waals surface area contributed by atoms with Gasteiger partial charge < -0.3 is 28.8 Å². The Balaban J connectivity index is 1.77. The molecule has 0 radical (unpaired) electrons. The second-order valence-corrected chi connectivity index (χ2v) is 7.88. The van der Waals surface area contributed by atoms with E-state index in [9.17, 15) is 9.90 Å². The first-order valence-corrected chi connectivity index (χ1v) is 10.2. The maximum Gasteiger partial charge on any atom is 0.344 e. The van der Waals surface area contributed by atoms with E-state index in [1.165, 1.54) is 9.80 Å². The van der Waals surface area contributed by atoms with E-state index in [-0.39, 0.29) is 5.75 Å². The van der Waals surface area contributed by atoms with E-state index in [0.717, 1.165) is 31.6 Å². The average Bonchev–Trinajstić information content (AvgIpc) is 2.76. The Morgan fingerprint density at radius 1 is 1.00 bits per heavy atom. The van der Waals surface area contributed by atoms with E-state index in [2.05, 4.69) is 7.05 Å². The number of methoxy groups -OCH3 is 2. The fraction of sp³-hybridized carbons (Fsp3) is 0.348. The smallest absolute Gasteiger partial charge is 0.344 e. The summed E-state index contributed by atoms with van der Waals surface area (Å²) in [6.45, 7) is 4.85. The van der Waals surface area contributed by atoms with E-state index in [0.29, 0.717) is 40.3 Å². The molecule has 1 aliphatic rings. The van der Waals surface area contributed by atoms with Crippen LogP contribution in [0, 0.1) is 0 Å². The molecule has 0 unspecified atom stereocenters. The predicted molar refractivity (Wildman–Crippen MR) is 114 cm³/mol. The molecular formula is C23H28N2O5+2. The zero-order valence-corrected chi connectivity index (χ0v) is 17.6. The largest absolute Gasteiger partial charge is 0.507 e. The number of ether oxygens (including phenoxy) is 2. The SMILES string of the molecule is COc1ccc(-c2cc3ccc(O)c(C[NH+]4CC[NH+](C)CC4)c3oc2=O)c(OC)c1. The van der Waals surface area contributed by atoms with Gasteiger partial charge in [-0.15, -0.1) is 0 Å². The Bertz CT molecular complexity index is 1120. The Labute approximate surface area is 175 Å². The number of fused-ring (bicyclic) bond motifs is 1. The summed E-state index contributed by atoms with van der Waals surface area (Å²) >= 11 is 0. The summed E-state index contributed by atoms with van der Waals surface area (Å²) in [6.07, 6.45) is 0. The van der Waals surface area contributed by atoms with Crippen LogP contribution in [0.3, 0.4) is 0 Å². The number of nitrogens with one attached hydrogen (secondary N) is 2. The minimum absolute atomic E-state index is 0.166. The van der Waals surface area contributed by atoms with Crippen LogP contribution in [0.5, 0.6) is 17.2 Å². The highest BCUT2D eigenvalue weighted by Crippen LogP contribution is 2.34. The van der Waals surface area contributed by atoms with Crippen LogP contribution in [0.4, 0.5) is 0 Å². The number of quaternary nitrogens is 2. The van der Waals surface area contributed by atoms with Crippen LogP contribution < -0.4 is 24.9 Å². The summed E-state index contributed by atoms with van der Waals surface area (Å²) in [6, 6.07) is 10.6. The summed E-state index contributed by atoms with van der Waals surface area (Å²) in [5.41, 5.74) is 1.73. The molecule has 0 amide bonds. The van der Waals surface area contributed by atoms with Gasteiger partial charge in [0, 0.05) is 17.0 Å². The highest BCUT2D eigenvalue weighted by molar-refractivity contribution is 5.86. The monoisotopic (exact) mass is 412 g/mol. The molecule has 1 aromatic heterocycles. The molecule has 30 heavy (non-hydrogen) atoms. The van der Waals surface area contributed by atoms with Crippen molar-refractivity contribution in [3.63, 3.8) is 0 Å². The molecule has 1 fully saturated rings. The number of phenols is 1. The standard InChI is InChI=1S/C23H26N2O5/c1-24-8-10-25(11-9-24)14-19-20(26)7-4-15-12-18(23(27)30-22(15)19)17-6-5-16(28-2)13-21(17)29-3/h4-7,12-13,26H,8-11,14H2,1-3H3/p+2. The Kier molecular flexibility index (Phi) is 5.65. The van der Waals surface area contributed by atoms with E-state index in [1.54, 1.807) is 50.6 Å². The van der Waals surface area contributed by atoms with Gasteiger partial charge in [-0.2, -0.15) is 0 Å². The van der Waals surface area contributed by atoms with Crippen molar-refractivity contribution in [2.24, 2.45) is 0 Å². The second-order valence-electron chi connectivity index (χ2n) is 7.88. The zero-order valence-electron chi connectivity index (χ0n) is 17.6. The third-order valence-corrected chi connectivity index (χ3v) is 5.92.